The highest BCUT2D eigenvalue weighted by Crippen LogP contribution is 2.37. The zero-order valence-corrected chi connectivity index (χ0v) is 19.3. The van der Waals surface area contributed by atoms with E-state index in [1.807, 2.05) is 18.2 Å². The predicted octanol–water partition coefficient (Wildman–Crippen LogP) is 3.43. The van der Waals surface area contributed by atoms with E-state index in [0.717, 1.165) is 41.4 Å². The number of carbonyl (C=O) groups is 1. The molecule has 0 saturated carbocycles. The van der Waals surface area contributed by atoms with Crippen LogP contribution in [-0.4, -0.2) is 50.1 Å². The van der Waals surface area contributed by atoms with Gasteiger partial charge in [-0.1, -0.05) is 17.7 Å². The summed E-state index contributed by atoms with van der Waals surface area (Å²) in [6, 6.07) is 7.82. The lowest BCUT2D eigenvalue weighted by molar-refractivity contribution is -0.120. The number of hydrogen-bond acceptors (Lipinski definition) is 5. The molecular weight excluding hydrogens is 434 g/mol. The maximum Gasteiger partial charge on any atom is 0.147 e. The first-order valence-electron chi connectivity index (χ1n) is 10.6. The summed E-state index contributed by atoms with van der Waals surface area (Å²) in [4.78, 5) is 16.8. The summed E-state index contributed by atoms with van der Waals surface area (Å²) in [6.07, 6.45) is 8.99. The van der Waals surface area contributed by atoms with E-state index >= 15 is 0 Å². The number of aryl methyl sites for hydroxylation is 1. The number of aliphatic imine (C=N–C) groups is 1. The highest BCUT2D eigenvalue weighted by atomic mass is 35.5. The lowest BCUT2D eigenvalue weighted by Crippen LogP contribution is -2.60. The van der Waals surface area contributed by atoms with Gasteiger partial charge < -0.3 is 14.7 Å². The first-order valence-corrected chi connectivity index (χ1v) is 13.1. The van der Waals surface area contributed by atoms with Crippen LogP contribution in [0.4, 0.5) is 0 Å². The Balaban J connectivity index is 1.63. The molecule has 2 heterocycles. The molecule has 1 fully saturated rings. The molecule has 1 aromatic heterocycles. The van der Waals surface area contributed by atoms with Crippen LogP contribution in [-0.2, 0) is 27.7 Å². The van der Waals surface area contributed by atoms with Crippen molar-refractivity contribution in [1.82, 2.24) is 9.88 Å². The van der Waals surface area contributed by atoms with Gasteiger partial charge in [0.05, 0.1) is 17.7 Å². The first-order chi connectivity index (χ1) is 14.8. The number of allylic oxidation sites excluding steroid dienone is 2. The number of fused-ring (bicyclic) bond motifs is 1. The zero-order chi connectivity index (χ0) is 22.1. The van der Waals surface area contributed by atoms with Gasteiger partial charge in [-0.2, -0.15) is 0 Å². The molecule has 1 aliphatic carbocycles. The van der Waals surface area contributed by atoms with Crippen LogP contribution in [0.25, 0.3) is 10.9 Å². The maximum absolute atomic E-state index is 11.8. The molecule has 8 heteroatoms. The largest absolute Gasteiger partial charge is 0.343 e. The number of aromatic nitrogens is 1. The van der Waals surface area contributed by atoms with E-state index in [0.29, 0.717) is 37.6 Å². The Labute approximate surface area is 188 Å². The summed E-state index contributed by atoms with van der Waals surface area (Å²) in [5, 5.41) is 4.92. The van der Waals surface area contributed by atoms with E-state index in [1.165, 1.54) is 6.26 Å². The van der Waals surface area contributed by atoms with Crippen LogP contribution in [0.3, 0.4) is 0 Å². The van der Waals surface area contributed by atoms with Gasteiger partial charge in [0, 0.05) is 59.1 Å². The van der Waals surface area contributed by atoms with Crippen LogP contribution in [0.2, 0.25) is 5.02 Å². The number of nitrogens with one attached hydrogen (secondary N) is 1. The van der Waals surface area contributed by atoms with Crippen molar-refractivity contribution in [3.05, 3.63) is 47.1 Å². The van der Waals surface area contributed by atoms with Crippen LogP contribution >= 0.6 is 11.6 Å². The molecular formula is C23H28ClN3O3S. The van der Waals surface area contributed by atoms with E-state index in [-0.39, 0.29) is 17.1 Å². The van der Waals surface area contributed by atoms with E-state index in [2.05, 4.69) is 28.1 Å². The third kappa shape index (κ3) is 4.78. The van der Waals surface area contributed by atoms with Crippen molar-refractivity contribution in [2.45, 2.75) is 32.4 Å². The molecule has 0 spiro atoms. The molecule has 6 nitrogen and oxygen atoms in total. The molecule has 0 radical (unpaired) electrons. The Morgan fingerprint density at radius 1 is 1.32 bits per heavy atom. The fraction of sp³-hybridized carbons (Fsp3) is 0.478. The second-order valence-electron chi connectivity index (χ2n) is 8.70. The molecule has 0 amide bonds. The minimum Gasteiger partial charge on any atom is -0.343 e. The maximum atomic E-state index is 11.8. The number of benzene rings is 1. The van der Waals surface area contributed by atoms with Crippen molar-refractivity contribution in [3.63, 3.8) is 0 Å². The molecule has 1 atom stereocenters. The summed E-state index contributed by atoms with van der Waals surface area (Å²) in [5.74, 6) is 0.280. The fourth-order valence-electron chi connectivity index (χ4n) is 4.65. The van der Waals surface area contributed by atoms with Crippen LogP contribution in [0.15, 0.2) is 41.4 Å². The zero-order valence-electron chi connectivity index (χ0n) is 17.7. The minimum atomic E-state index is -3.01. The van der Waals surface area contributed by atoms with Gasteiger partial charge in [0.15, 0.2) is 0 Å². The Hall–Kier alpha value is -1.96. The van der Waals surface area contributed by atoms with Crippen molar-refractivity contribution in [2.75, 3.05) is 25.1 Å². The van der Waals surface area contributed by atoms with Crippen LogP contribution in [0, 0.1) is 11.3 Å². The topological polar surface area (TPSA) is 80.5 Å². The normalized spacial score (nSPS) is 22.0. The van der Waals surface area contributed by atoms with Gasteiger partial charge >= 0.3 is 0 Å². The van der Waals surface area contributed by atoms with Gasteiger partial charge in [-0.25, -0.2) is 8.42 Å². The number of sulfone groups is 1. The fourth-order valence-corrected chi connectivity index (χ4v) is 5.49. The van der Waals surface area contributed by atoms with Crippen molar-refractivity contribution in [2.24, 2.45) is 16.3 Å². The van der Waals surface area contributed by atoms with E-state index in [4.69, 9.17) is 16.6 Å². The van der Waals surface area contributed by atoms with Crippen molar-refractivity contribution >= 4 is 44.3 Å². The number of rotatable bonds is 8. The molecule has 1 N–H and O–H groups in total. The lowest BCUT2D eigenvalue weighted by Gasteiger charge is -2.45. The minimum absolute atomic E-state index is 0.133. The first kappa shape index (κ1) is 22.2. The standard InChI is InChI=1S/C23H28ClN3O3S/c1-31(29,30)10-4-9-27-19(12-17-11-18(24)7-8-22(17)27)13-26-21-6-3-2-5-20(21)23(16-28)14-25-15-23/h3,6-8,11-12,16,20,25H,2,4-5,9-10,13-15H2,1H3. The Kier molecular flexibility index (Phi) is 6.37. The molecule has 2 aromatic rings. The molecule has 0 bridgehead atoms. The Bertz CT molecular complexity index is 1150. The Morgan fingerprint density at radius 3 is 2.81 bits per heavy atom. The summed E-state index contributed by atoms with van der Waals surface area (Å²) in [7, 11) is -3.01. The van der Waals surface area contributed by atoms with E-state index in [9.17, 15) is 13.2 Å². The second-order valence-corrected chi connectivity index (χ2v) is 11.4. The monoisotopic (exact) mass is 461 g/mol. The van der Waals surface area contributed by atoms with Gasteiger partial charge in [0.25, 0.3) is 0 Å². The van der Waals surface area contributed by atoms with Gasteiger partial charge in [-0.15, -0.1) is 0 Å². The average molecular weight is 462 g/mol. The van der Waals surface area contributed by atoms with Gasteiger partial charge in [0.2, 0.25) is 0 Å². The summed E-state index contributed by atoms with van der Waals surface area (Å²) in [6.45, 7) is 2.49. The molecule has 1 unspecified atom stereocenters. The molecule has 1 aromatic carbocycles. The van der Waals surface area contributed by atoms with Gasteiger partial charge in [0.1, 0.15) is 16.1 Å². The third-order valence-corrected chi connectivity index (χ3v) is 7.64. The second kappa shape index (κ2) is 8.88. The number of nitrogens with zero attached hydrogens (tertiary/aromatic N) is 2. The molecule has 4 rings (SSSR count). The number of halogens is 1. The van der Waals surface area contributed by atoms with Crippen molar-refractivity contribution < 1.29 is 13.2 Å². The molecule has 1 saturated heterocycles. The SMILES string of the molecule is CS(=O)(=O)CCCn1c(CN=C2C=CCCC2C2(C=O)CNC2)cc2cc(Cl)ccc21. The molecule has 31 heavy (non-hydrogen) atoms. The van der Waals surface area contributed by atoms with Crippen LogP contribution in [0.1, 0.15) is 25.0 Å². The number of carbonyl (C=O) groups excluding carboxylic acids is 1. The summed E-state index contributed by atoms with van der Waals surface area (Å²) >= 11 is 6.19. The highest BCUT2D eigenvalue weighted by Gasteiger charge is 2.46. The Morgan fingerprint density at radius 2 is 2.13 bits per heavy atom. The third-order valence-electron chi connectivity index (χ3n) is 6.37. The van der Waals surface area contributed by atoms with Crippen LogP contribution < -0.4 is 5.32 Å². The van der Waals surface area contributed by atoms with Crippen molar-refractivity contribution in [1.29, 1.82) is 0 Å². The molecule has 2 aliphatic rings. The van der Waals surface area contributed by atoms with Crippen molar-refractivity contribution in [3.8, 4) is 0 Å². The van der Waals surface area contributed by atoms with E-state index in [1.54, 1.807) is 0 Å². The lowest BCUT2D eigenvalue weighted by atomic mass is 9.66. The number of hydrogen-bond donors (Lipinski definition) is 1. The molecule has 166 valence electrons. The summed E-state index contributed by atoms with van der Waals surface area (Å²) in [5.41, 5.74) is 2.67. The number of aldehydes is 1. The predicted molar refractivity (Wildman–Crippen MR) is 126 cm³/mol. The van der Waals surface area contributed by atoms with Gasteiger partial charge in [-0.05, 0) is 49.6 Å². The van der Waals surface area contributed by atoms with Gasteiger partial charge in [-0.3, -0.25) is 4.99 Å². The smallest absolute Gasteiger partial charge is 0.147 e. The van der Waals surface area contributed by atoms with E-state index < -0.39 is 9.84 Å². The quantitative estimate of drug-likeness (QED) is 0.611. The highest BCUT2D eigenvalue weighted by molar-refractivity contribution is 7.90. The van der Waals surface area contributed by atoms with Crippen LogP contribution in [0.5, 0.6) is 0 Å². The average Bonchev–Trinajstić information content (AvgIpc) is 3.02. The summed E-state index contributed by atoms with van der Waals surface area (Å²) < 4.78 is 25.3. The molecule has 1 aliphatic heterocycles.